The Balaban J connectivity index is 1.34. The summed E-state index contributed by atoms with van der Waals surface area (Å²) in [4.78, 5) is 2.47. The van der Waals surface area contributed by atoms with E-state index in [0.29, 0.717) is 17.5 Å². The average molecular weight is 378 g/mol. The molecule has 0 amide bonds. The van der Waals surface area contributed by atoms with E-state index in [9.17, 15) is 0 Å². The first kappa shape index (κ1) is 17.6. The van der Waals surface area contributed by atoms with Crippen molar-refractivity contribution >= 4 is 0 Å². The summed E-state index contributed by atoms with van der Waals surface area (Å²) >= 11 is 0. The van der Waals surface area contributed by atoms with Crippen molar-refractivity contribution in [2.75, 3.05) is 13.1 Å². The van der Waals surface area contributed by atoms with Gasteiger partial charge in [0.1, 0.15) is 17.0 Å². The van der Waals surface area contributed by atoms with E-state index < -0.39 is 0 Å². The molecule has 5 rings (SSSR count). The van der Waals surface area contributed by atoms with Gasteiger partial charge in [0.15, 0.2) is 0 Å². The lowest BCUT2D eigenvalue weighted by Gasteiger charge is -2.40. The molecule has 0 radical (unpaired) electrons. The summed E-state index contributed by atoms with van der Waals surface area (Å²) in [7, 11) is 0. The minimum absolute atomic E-state index is 0.486. The zero-order valence-electron chi connectivity index (χ0n) is 16.3. The molecule has 3 aromatic rings. The van der Waals surface area contributed by atoms with E-state index in [0.717, 1.165) is 48.3 Å². The number of rotatable bonds is 4. The Morgan fingerprint density at radius 3 is 2.71 bits per heavy atom. The third kappa shape index (κ3) is 3.37. The molecule has 0 spiro atoms. The maximum atomic E-state index is 6.05. The second kappa shape index (κ2) is 7.51. The van der Waals surface area contributed by atoms with Crippen LogP contribution in [0.2, 0.25) is 0 Å². The molecule has 1 saturated carbocycles. The Morgan fingerprint density at radius 2 is 1.86 bits per heavy atom. The van der Waals surface area contributed by atoms with Gasteiger partial charge in [-0.2, -0.15) is 0 Å². The summed E-state index contributed by atoms with van der Waals surface area (Å²) < 4.78 is 11.5. The van der Waals surface area contributed by atoms with Crippen LogP contribution in [-0.2, 0) is 6.54 Å². The monoisotopic (exact) mass is 378 g/mol. The van der Waals surface area contributed by atoms with Gasteiger partial charge >= 0.3 is 0 Å². The quantitative estimate of drug-likeness (QED) is 0.655. The number of hydrogen-bond acceptors (Lipinski definition) is 6. The maximum Gasteiger partial charge on any atom is 0.253 e. The molecule has 0 N–H and O–H groups in total. The lowest BCUT2D eigenvalue weighted by Crippen LogP contribution is -2.41. The highest BCUT2D eigenvalue weighted by atomic mass is 16.5. The molecule has 1 aliphatic carbocycles. The standard InChI is InChI=1S/C22H26N4O2/c1-15-20(21(25-28-15)17-8-3-2-4-9-17)22-24-23-19(27-22)14-26-12-11-16-7-5-6-10-18(16)13-26/h2-4,8-9,16,18H,5-7,10-14H2,1H3/t16-,18-/m0/s1. The van der Waals surface area contributed by atoms with Crippen LogP contribution in [0.25, 0.3) is 22.7 Å². The first-order valence-corrected chi connectivity index (χ1v) is 10.3. The molecular weight excluding hydrogens is 352 g/mol. The van der Waals surface area contributed by atoms with Crippen molar-refractivity contribution < 1.29 is 8.94 Å². The van der Waals surface area contributed by atoms with Crippen LogP contribution < -0.4 is 0 Å². The van der Waals surface area contributed by atoms with Gasteiger partial charge < -0.3 is 8.94 Å². The summed E-state index contributed by atoms with van der Waals surface area (Å²) in [6, 6.07) is 9.96. The number of aromatic nitrogens is 3. The van der Waals surface area contributed by atoms with Crippen molar-refractivity contribution in [2.24, 2.45) is 11.8 Å². The van der Waals surface area contributed by atoms with Crippen LogP contribution in [0.15, 0.2) is 39.3 Å². The van der Waals surface area contributed by atoms with Crippen molar-refractivity contribution in [3.8, 4) is 22.7 Å². The van der Waals surface area contributed by atoms with Gasteiger partial charge in [-0.1, -0.05) is 54.8 Å². The molecule has 6 nitrogen and oxygen atoms in total. The number of benzene rings is 1. The van der Waals surface area contributed by atoms with E-state index in [4.69, 9.17) is 8.94 Å². The number of nitrogens with zero attached hydrogens (tertiary/aromatic N) is 4. The van der Waals surface area contributed by atoms with Crippen molar-refractivity contribution in [3.63, 3.8) is 0 Å². The minimum Gasteiger partial charge on any atom is -0.419 e. The van der Waals surface area contributed by atoms with E-state index >= 15 is 0 Å². The summed E-state index contributed by atoms with van der Waals surface area (Å²) in [6.45, 7) is 4.89. The molecule has 1 aromatic carbocycles. The predicted molar refractivity (Wildman–Crippen MR) is 105 cm³/mol. The van der Waals surface area contributed by atoms with Crippen molar-refractivity contribution in [2.45, 2.75) is 45.6 Å². The van der Waals surface area contributed by atoms with Gasteiger partial charge in [0, 0.05) is 12.1 Å². The van der Waals surface area contributed by atoms with Crippen LogP contribution >= 0.6 is 0 Å². The normalized spacial score (nSPS) is 22.9. The van der Waals surface area contributed by atoms with E-state index in [1.54, 1.807) is 0 Å². The molecule has 6 heteroatoms. The fraction of sp³-hybridized carbons (Fsp3) is 0.500. The Kier molecular flexibility index (Phi) is 4.72. The van der Waals surface area contributed by atoms with E-state index in [1.807, 2.05) is 37.3 Å². The maximum absolute atomic E-state index is 6.05. The molecule has 1 aliphatic heterocycles. The Bertz CT molecular complexity index is 933. The summed E-state index contributed by atoms with van der Waals surface area (Å²) in [5.74, 6) is 3.62. The third-order valence-electron chi connectivity index (χ3n) is 6.32. The van der Waals surface area contributed by atoms with Crippen molar-refractivity contribution in [1.29, 1.82) is 0 Å². The largest absolute Gasteiger partial charge is 0.419 e. The molecule has 0 bridgehead atoms. The number of hydrogen-bond donors (Lipinski definition) is 0. The molecule has 146 valence electrons. The molecular formula is C22H26N4O2. The van der Waals surface area contributed by atoms with Crippen molar-refractivity contribution in [1.82, 2.24) is 20.3 Å². The van der Waals surface area contributed by atoms with Gasteiger partial charge in [0.2, 0.25) is 5.89 Å². The van der Waals surface area contributed by atoms with E-state index in [-0.39, 0.29) is 0 Å². The molecule has 28 heavy (non-hydrogen) atoms. The summed E-state index contributed by atoms with van der Waals surface area (Å²) in [5, 5.41) is 12.8. The van der Waals surface area contributed by atoms with Crippen LogP contribution in [-0.4, -0.2) is 33.3 Å². The molecule has 2 aromatic heterocycles. The van der Waals surface area contributed by atoms with Crippen LogP contribution in [0.3, 0.4) is 0 Å². The molecule has 3 heterocycles. The lowest BCUT2D eigenvalue weighted by atomic mass is 9.75. The molecule has 2 aliphatic rings. The van der Waals surface area contributed by atoms with Gasteiger partial charge in [-0.3, -0.25) is 4.90 Å². The van der Waals surface area contributed by atoms with Crippen LogP contribution in [0.1, 0.15) is 43.8 Å². The highest BCUT2D eigenvalue weighted by Crippen LogP contribution is 2.37. The van der Waals surface area contributed by atoms with Gasteiger partial charge in [-0.25, -0.2) is 0 Å². The van der Waals surface area contributed by atoms with Crippen LogP contribution in [0.4, 0.5) is 0 Å². The molecule has 2 atom stereocenters. The number of piperidine rings is 1. The van der Waals surface area contributed by atoms with Gasteiger partial charge in [0.05, 0.1) is 6.54 Å². The van der Waals surface area contributed by atoms with Gasteiger partial charge in [0.25, 0.3) is 5.89 Å². The van der Waals surface area contributed by atoms with Crippen LogP contribution in [0.5, 0.6) is 0 Å². The topological polar surface area (TPSA) is 68.2 Å². The van der Waals surface area contributed by atoms with E-state index in [2.05, 4.69) is 20.3 Å². The summed E-state index contributed by atoms with van der Waals surface area (Å²) in [5.41, 5.74) is 2.51. The number of fused-ring (bicyclic) bond motifs is 1. The average Bonchev–Trinajstić information content (AvgIpc) is 3.34. The second-order valence-corrected chi connectivity index (χ2v) is 8.16. The zero-order valence-corrected chi connectivity index (χ0v) is 16.3. The SMILES string of the molecule is Cc1onc(-c2ccccc2)c1-c1nnc(CN2CC[C@@H]3CCCC[C@H]3C2)o1. The Morgan fingerprint density at radius 1 is 1.04 bits per heavy atom. The Hall–Kier alpha value is -2.47. The second-order valence-electron chi connectivity index (χ2n) is 8.16. The molecule has 1 saturated heterocycles. The highest BCUT2D eigenvalue weighted by Gasteiger charge is 2.31. The smallest absolute Gasteiger partial charge is 0.253 e. The first-order valence-electron chi connectivity index (χ1n) is 10.3. The van der Waals surface area contributed by atoms with Crippen molar-refractivity contribution in [3.05, 3.63) is 42.0 Å². The molecule has 0 unspecified atom stereocenters. The lowest BCUT2D eigenvalue weighted by molar-refractivity contribution is 0.0763. The molecule has 2 fully saturated rings. The van der Waals surface area contributed by atoms with E-state index in [1.165, 1.54) is 32.1 Å². The highest BCUT2D eigenvalue weighted by molar-refractivity contribution is 5.77. The fourth-order valence-electron chi connectivity index (χ4n) is 4.85. The third-order valence-corrected chi connectivity index (χ3v) is 6.32. The predicted octanol–water partition coefficient (Wildman–Crippen LogP) is 4.71. The van der Waals surface area contributed by atoms with Crippen LogP contribution in [0, 0.1) is 18.8 Å². The first-order chi connectivity index (χ1) is 13.8. The number of aryl methyl sites for hydroxylation is 1. The fourth-order valence-corrected chi connectivity index (χ4v) is 4.85. The number of likely N-dealkylation sites (tertiary alicyclic amines) is 1. The summed E-state index contributed by atoms with van der Waals surface area (Å²) in [6.07, 6.45) is 6.88. The zero-order chi connectivity index (χ0) is 18.9. The Labute approximate surface area is 164 Å². The minimum atomic E-state index is 0.486. The van der Waals surface area contributed by atoms with Gasteiger partial charge in [-0.05, 0) is 38.1 Å². The van der Waals surface area contributed by atoms with Gasteiger partial charge in [-0.15, -0.1) is 10.2 Å².